The van der Waals surface area contributed by atoms with Crippen molar-refractivity contribution in [3.63, 3.8) is 0 Å². The number of ether oxygens (including phenoxy) is 1. The van der Waals surface area contributed by atoms with Gasteiger partial charge in [-0.1, -0.05) is 6.07 Å². The van der Waals surface area contributed by atoms with Crippen molar-refractivity contribution in [3.8, 4) is 5.75 Å². The summed E-state index contributed by atoms with van der Waals surface area (Å²) in [5, 5.41) is 15.2. The van der Waals surface area contributed by atoms with Crippen LogP contribution in [0.5, 0.6) is 5.75 Å². The van der Waals surface area contributed by atoms with Crippen LogP contribution in [0.15, 0.2) is 42.5 Å². The minimum absolute atomic E-state index is 0.0865. The van der Waals surface area contributed by atoms with Gasteiger partial charge in [0.05, 0.1) is 19.6 Å². The summed E-state index contributed by atoms with van der Waals surface area (Å²) in [5.41, 5.74) is 3.61. The van der Waals surface area contributed by atoms with E-state index in [1.807, 2.05) is 49.4 Å². The zero-order valence-electron chi connectivity index (χ0n) is 13.6. The highest BCUT2D eigenvalue weighted by Gasteiger charge is 2.06. The third kappa shape index (κ3) is 5.00. The molecule has 1 amide bonds. The molecular formula is C18H22N2O3. The van der Waals surface area contributed by atoms with E-state index >= 15 is 0 Å². The minimum atomic E-state index is -0.646. The van der Waals surface area contributed by atoms with Gasteiger partial charge < -0.3 is 20.5 Å². The third-order valence-electron chi connectivity index (χ3n) is 3.35. The molecular weight excluding hydrogens is 292 g/mol. The molecule has 0 saturated heterocycles. The average Bonchev–Trinajstić information content (AvgIpc) is 2.50. The molecule has 0 bridgehead atoms. The molecule has 0 aliphatic rings. The standard InChI is InChI=1S/C18H22N2O3/c1-12-4-5-16(11-17(12)23-3)19-14-6-8-15(9-7-14)20-18(22)10-13(2)21/h4-9,11,13,19,21H,10H2,1-3H3,(H,20,22). The summed E-state index contributed by atoms with van der Waals surface area (Å²) in [4.78, 5) is 11.6. The van der Waals surface area contributed by atoms with Gasteiger partial charge in [-0.2, -0.15) is 0 Å². The summed E-state index contributed by atoms with van der Waals surface area (Å²) in [6.07, 6.45) is -0.559. The number of rotatable bonds is 6. The zero-order valence-corrected chi connectivity index (χ0v) is 13.6. The van der Waals surface area contributed by atoms with Gasteiger partial charge in [-0.25, -0.2) is 0 Å². The van der Waals surface area contributed by atoms with E-state index in [0.29, 0.717) is 5.69 Å². The number of aliphatic hydroxyl groups excluding tert-OH is 1. The van der Waals surface area contributed by atoms with Gasteiger partial charge in [-0.3, -0.25) is 4.79 Å². The van der Waals surface area contributed by atoms with Crippen molar-refractivity contribution in [1.82, 2.24) is 0 Å². The van der Waals surface area contributed by atoms with Crippen LogP contribution in [-0.2, 0) is 4.79 Å². The summed E-state index contributed by atoms with van der Waals surface area (Å²) in [5.74, 6) is 0.626. The fourth-order valence-electron chi connectivity index (χ4n) is 2.18. The predicted octanol–water partition coefficient (Wildman–Crippen LogP) is 3.46. The number of aryl methyl sites for hydroxylation is 1. The van der Waals surface area contributed by atoms with E-state index in [0.717, 1.165) is 22.7 Å². The van der Waals surface area contributed by atoms with E-state index < -0.39 is 6.10 Å². The lowest BCUT2D eigenvalue weighted by Crippen LogP contribution is -2.17. The maximum atomic E-state index is 11.6. The molecule has 0 spiro atoms. The van der Waals surface area contributed by atoms with Crippen LogP contribution in [-0.4, -0.2) is 24.2 Å². The highest BCUT2D eigenvalue weighted by atomic mass is 16.5. The minimum Gasteiger partial charge on any atom is -0.496 e. The molecule has 1 unspecified atom stereocenters. The van der Waals surface area contributed by atoms with Crippen molar-refractivity contribution in [3.05, 3.63) is 48.0 Å². The number of nitrogens with one attached hydrogen (secondary N) is 2. The summed E-state index contributed by atoms with van der Waals surface area (Å²) in [6, 6.07) is 13.3. The number of aliphatic hydroxyl groups is 1. The van der Waals surface area contributed by atoms with E-state index in [9.17, 15) is 9.90 Å². The Morgan fingerprint density at radius 3 is 2.35 bits per heavy atom. The van der Waals surface area contributed by atoms with Gasteiger partial charge in [0.25, 0.3) is 0 Å². The second kappa shape index (κ2) is 7.65. The molecule has 0 radical (unpaired) electrons. The van der Waals surface area contributed by atoms with Crippen molar-refractivity contribution in [2.45, 2.75) is 26.4 Å². The Balaban J connectivity index is 2.01. The normalized spacial score (nSPS) is 11.7. The number of carbonyl (C=O) groups excluding carboxylic acids is 1. The summed E-state index contributed by atoms with van der Waals surface area (Å²) >= 11 is 0. The fourth-order valence-corrected chi connectivity index (χ4v) is 2.18. The Kier molecular flexibility index (Phi) is 5.60. The molecule has 5 heteroatoms. The Bertz CT molecular complexity index is 666. The van der Waals surface area contributed by atoms with Crippen LogP contribution < -0.4 is 15.4 Å². The third-order valence-corrected chi connectivity index (χ3v) is 3.35. The Morgan fingerprint density at radius 1 is 1.13 bits per heavy atom. The lowest BCUT2D eigenvalue weighted by molar-refractivity contribution is -0.117. The Morgan fingerprint density at radius 2 is 1.74 bits per heavy atom. The molecule has 0 aliphatic carbocycles. The summed E-state index contributed by atoms with van der Waals surface area (Å²) in [7, 11) is 1.65. The molecule has 2 aromatic rings. The first-order chi connectivity index (χ1) is 11.0. The molecule has 2 rings (SSSR count). The van der Waals surface area contributed by atoms with Crippen LogP contribution in [0.2, 0.25) is 0 Å². The number of anilines is 3. The molecule has 122 valence electrons. The monoisotopic (exact) mass is 314 g/mol. The second-order valence-corrected chi connectivity index (χ2v) is 5.49. The zero-order chi connectivity index (χ0) is 16.8. The van der Waals surface area contributed by atoms with Gasteiger partial charge in [0.2, 0.25) is 5.91 Å². The first-order valence-electron chi connectivity index (χ1n) is 7.47. The smallest absolute Gasteiger partial charge is 0.226 e. The molecule has 0 aromatic heterocycles. The predicted molar refractivity (Wildman–Crippen MR) is 92.4 cm³/mol. The van der Waals surface area contributed by atoms with Gasteiger partial charge in [0, 0.05) is 23.1 Å². The number of hydrogen-bond donors (Lipinski definition) is 3. The average molecular weight is 314 g/mol. The first kappa shape index (κ1) is 16.8. The van der Waals surface area contributed by atoms with Gasteiger partial charge in [0.15, 0.2) is 0 Å². The lowest BCUT2D eigenvalue weighted by atomic mass is 10.2. The van der Waals surface area contributed by atoms with Crippen molar-refractivity contribution >= 4 is 23.0 Å². The highest BCUT2D eigenvalue weighted by molar-refractivity contribution is 5.91. The van der Waals surface area contributed by atoms with Crippen LogP contribution in [0.4, 0.5) is 17.1 Å². The van der Waals surface area contributed by atoms with Gasteiger partial charge in [-0.05, 0) is 49.7 Å². The van der Waals surface area contributed by atoms with E-state index in [2.05, 4.69) is 10.6 Å². The molecule has 3 N–H and O–H groups in total. The van der Waals surface area contributed by atoms with E-state index in [1.54, 1.807) is 14.0 Å². The number of carbonyl (C=O) groups is 1. The highest BCUT2D eigenvalue weighted by Crippen LogP contribution is 2.25. The summed E-state index contributed by atoms with van der Waals surface area (Å²) < 4.78 is 5.31. The number of methoxy groups -OCH3 is 1. The molecule has 0 aliphatic heterocycles. The maximum Gasteiger partial charge on any atom is 0.226 e. The molecule has 2 aromatic carbocycles. The van der Waals surface area contributed by atoms with Gasteiger partial charge >= 0.3 is 0 Å². The van der Waals surface area contributed by atoms with Gasteiger partial charge in [-0.15, -0.1) is 0 Å². The number of amides is 1. The van der Waals surface area contributed by atoms with Crippen molar-refractivity contribution < 1.29 is 14.6 Å². The molecule has 5 nitrogen and oxygen atoms in total. The van der Waals surface area contributed by atoms with Crippen LogP contribution in [0.1, 0.15) is 18.9 Å². The molecule has 0 fully saturated rings. The lowest BCUT2D eigenvalue weighted by Gasteiger charge is -2.11. The fraction of sp³-hybridized carbons (Fsp3) is 0.278. The first-order valence-corrected chi connectivity index (χ1v) is 7.47. The van der Waals surface area contributed by atoms with E-state index in [1.165, 1.54) is 0 Å². The number of benzene rings is 2. The van der Waals surface area contributed by atoms with Crippen molar-refractivity contribution in [2.24, 2.45) is 0 Å². The molecule has 0 saturated carbocycles. The van der Waals surface area contributed by atoms with Crippen molar-refractivity contribution in [2.75, 3.05) is 17.7 Å². The molecule has 0 heterocycles. The van der Waals surface area contributed by atoms with Gasteiger partial charge in [0.1, 0.15) is 5.75 Å². The van der Waals surface area contributed by atoms with Crippen LogP contribution in [0.25, 0.3) is 0 Å². The van der Waals surface area contributed by atoms with Crippen LogP contribution in [0.3, 0.4) is 0 Å². The SMILES string of the molecule is COc1cc(Nc2ccc(NC(=O)CC(C)O)cc2)ccc1C. The second-order valence-electron chi connectivity index (χ2n) is 5.49. The van der Waals surface area contributed by atoms with E-state index in [-0.39, 0.29) is 12.3 Å². The molecule has 23 heavy (non-hydrogen) atoms. The van der Waals surface area contributed by atoms with Crippen LogP contribution in [0, 0.1) is 6.92 Å². The summed E-state index contributed by atoms with van der Waals surface area (Å²) in [6.45, 7) is 3.58. The Hall–Kier alpha value is -2.53. The van der Waals surface area contributed by atoms with Crippen LogP contribution >= 0.6 is 0 Å². The van der Waals surface area contributed by atoms with E-state index in [4.69, 9.17) is 4.74 Å². The largest absolute Gasteiger partial charge is 0.496 e. The quantitative estimate of drug-likeness (QED) is 0.763. The topological polar surface area (TPSA) is 70.6 Å². The van der Waals surface area contributed by atoms with Crippen molar-refractivity contribution in [1.29, 1.82) is 0 Å². The maximum absolute atomic E-state index is 11.6. The Labute approximate surface area is 136 Å². The number of hydrogen-bond acceptors (Lipinski definition) is 4. The molecule has 1 atom stereocenters.